The zero-order chi connectivity index (χ0) is 10.3. The Kier molecular flexibility index (Phi) is 14.0. The van der Waals surface area contributed by atoms with Crippen LogP contribution in [-0.2, 0) is 14.4 Å². The van der Waals surface area contributed by atoms with E-state index in [-0.39, 0.29) is 41.1 Å². The third-order valence-electron chi connectivity index (χ3n) is 0.837. The molecule has 0 aromatic carbocycles. The molecular formula is C7H11NaO5. The summed E-state index contributed by atoms with van der Waals surface area (Å²) in [6, 6.07) is 0. The number of carboxylic acids is 1. The van der Waals surface area contributed by atoms with Crippen molar-refractivity contribution in [3.63, 3.8) is 0 Å². The summed E-state index contributed by atoms with van der Waals surface area (Å²) in [4.78, 5) is 28.9. The molecule has 0 rings (SSSR count). The number of hydrogen-bond acceptors (Lipinski definition) is 5. The van der Waals surface area contributed by atoms with Gasteiger partial charge in [-0.05, 0) is 6.92 Å². The van der Waals surface area contributed by atoms with E-state index in [0.29, 0.717) is 0 Å². The van der Waals surface area contributed by atoms with Crippen LogP contribution in [0.3, 0.4) is 0 Å². The van der Waals surface area contributed by atoms with Gasteiger partial charge in [-0.3, -0.25) is 9.59 Å². The fourth-order valence-electron chi connectivity index (χ4n) is 0. The van der Waals surface area contributed by atoms with Gasteiger partial charge in [0.25, 0.3) is 0 Å². The van der Waals surface area contributed by atoms with Crippen molar-refractivity contribution < 1.29 is 54.2 Å². The van der Waals surface area contributed by atoms with Crippen LogP contribution < -0.4 is 34.7 Å². The number of ketones is 2. The number of hydrogen-bond donors (Lipinski definition) is 1. The van der Waals surface area contributed by atoms with Crippen molar-refractivity contribution in [3.8, 4) is 0 Å². The third kappa shape index (κ3) is 18.6. The molecule has 0 aromatic rings. The second-order valence-electron chi connectivity index (χ2n) is 2.11. The van der Waals surface area contributed by atoms with Crippen LogP contribution in [0.1, 0.15) is 20.8 Å². The Morgan fingerprint density at radius 3 is 1.31 bits per heavy atom. The summed E-state index contributed by atoms with van der Waals surface area (Å²) < 4.78 is 0. The van der Waals surface area contributed by atoms with Gasteiger partial charge in [-0.2, -0.15) is 0 Å². The van der Waals surface area contributed by atoms with Crippen molar-refractivity contribution in [1.29, 1.82) is 0 Å². The minimum Gasteiger partial charge on any atom is -0.547 e. The van der Waals surface area contributed by atoms with Gasteiger partial charge in [0.2, 0.25) is 0 Å². The standard InChI is InChI=1S/C4H6O2.C3H6O3.Na/c1-3(5)4(2)6;1-2(4)3(5)6;/h1-2H3;2,4H,1H3,(H,5,6);/q;;+1/p-1. The quantitative estimate of drug-likeness (QED) is 0.355. The molecule has 0 radical (unpaired) electrons. The first-order chi connectivity index (χ1) is 5.29. The fraction of sp³-hybridized carbons (Fsp3) is 0.571. The van der Waals surface area contributed by atoms with Crippen LogP contribution in [0.25, 0.3) is 0 Å². The molecule has 70 valence electrons. The van der Waals surface area contributed by atoms with E-state index in [2.05, 4.69) is 0 Å². The monoisotopic (exact) mass is 198 g/mol. The Hall–Kier alpha value is -0.230. The van der Waals surface area contributed by atoms with E-state index in [0.717, 1.165) is 6.92 Å². The summed E-state index contributed by atoms with van der Waals surface area (Å²) in [6.07, 6.45) is -1.34. The topological polar surface area (TPSA) is 94.5 Å². The SMILES string of the molecule is CC(=O)C(C)=O.CC(O)C(=O)[O-].[Na+]. The third-order valence-corrected chi connectivity index (χ3v) is 0.837. The Labute approximate surface area is 98.4 Å². The zero-order valence-electron chi connectivity index (χ0n) is 8.16. The number of carboxylic acid groups (broad SMARTS) is 1. The largest absolute Gasteiger partial charge is 1.00 e. The van der Waals surface area contributed by atoms with Crippen LogP contribution in [0.5, 0.6) is 0 Å². The molecule has 0 heterocycles. The van der Waals surface area contributed by atoms with Crippen LogP contribution in [0, 0.1) is 0 Å². The summed E-state index contributed by atoms with van der Waals surface area (Å²) >= 11 is 0. The summed E-state index contributed by atoms with van der Waals surface area (Å²) in [6.45, 7) is 3.64. The number of aliphatic hydroxyl groups is 1. The Balaban J connectivity index is -0.000000143. The van der Waals surface area contributed by atoms with Crippen molar-refractivity contribution in [1.82, 2.24) is 0 Å². The Bertz CT molecular complexity index is 175. The van der Waals surface area contributed by atoms with Gasteiger partial charge >= 0.3 is 29.6 Å². The van der Waals surface area contributed by atoms with Crippen molar-refractivity contribution in [2.24, 2.45) is 0 Å². The summed E-state index contributed by atoms with van der Waals surface area (Å²) in [5, 5.41) is 17.3. The molecule has 0 saturated heterocycles. The Morgan fingerprint density at radius 1 is 1.15 bits per heavy atom. The molecule has 13 heavy (non-hydrogen) atoms. The number of carbonyl (C=O) groups is 3. The molecule has 5 nitrogen and oxygen atoms in total. The molecule has 0 spiro atoms. The normalized spacial score (nSPS) is 9.85. The van der Waals surface area contributed by atoms with Crippen LogP contribution in [0.2, 0.25) is 0 Å². The van der Waals surface area contributed by atoms with Gasteiger partial charge < -0.3 is 15.0 Å². The Morgan fingerprint density at radius 2 is 1.31 bits per heavy atom. The van der Waals surface area contributed by atoms with Crippen molar-refractivity contribution in [3.05, 3.63) is 0 Å². The summed E-state index contributed by atoms with van der Waals surface area (Å²) in [5.74, 6) is -2.19. The van der Waals surface area contributed by atoms with Crippen LogP contribution in [-0.4, -0.2) is 28.7 Å². The minimum atomic E-state index is -1.44. The molecule has 0 bridgehead atoms. The molecule has 0 aliphatic heterocycles. The maximum absolute atomic E-state index is 9.79. The molecule has 0 fully saturated rings. The smallest absolute Gasteiger partial charge is 0.547 e. The molecule has 1 unspecified atom stereocenters. The van der Waals surface area contributed by atoms with E-state index in [9.17, 15) is 19.5 Å². The molecule has 0 amide bonds. The zero-order valence-corrected chi connectivity index (χ0v) is 10.2. The van der Waals surface area contributed by atoms with Gasteiger partial charge in [0.1, 0.15) is 0 Å². The van der Waals surface area contributed by atoms with Gasteiger partial charge in [0.15, 0.2) is 11.6 Å². The predicted molar refractivity (Wildman–Crippen MR) is 38.0 cm³/mol. The van der Waals surface area contributed by atoms with Gasteiger partial charge in [-0.15, -0.1) is 0 Å². The first-order valence-corrected chi connectivity index (χ1v) is 3.19. The number of Topliss-reactive ketones (excluding diaryl/α,β-unsaturated/α-hetero) is 2. The van der Waals surface area contributed by atoms with Crippen molar-refractivity contribution >= 4 is 17.5 Å². The van der Waals surface area contributed by atoms with E-state index in [4.69, 9.17) is 5.11 Å². The van der Waals surface area contributed by atoms with E-state index in [1.807, 2.05) is 0 Å². The predicted octanol–water partition coefficient (Wildman–Crippen LogP) is -4.71. The van der Waals surface area contributed by atoms with E-state index in [1.165, 1.54) is 13.8 Å². The molecule has 1 atom stereocenters. The molecule has 0 aliphatic carbocycles. The average molecular weight is 198 g/mol. The minimum absolute atomic E-state index is 0. The van der Waals surface area contributed by atoms with Crippen LogP contribution in [0.4, 0.5) is 0 Å². The molecule has 0 saturated carbocycles. The number of aliphatic carboxylic acids is 1. The second-order valence-corrected chi connectivity index (χ2v) is 2.11. The van der Waals surface area contributed by atoms with Gasteiger partial charge in [-0.25, -0.2) is 0 Å². The molecular weight excluding hydrogens is 187 g/mol. The van der Waals surface area contributed by atoms with E-state index < -0.39 is 12.1 Å². The first kappa shape index (κ1) is 18.5. The number of carbonyl (C=O) groups excluding carboxylic acids is 3. The van der Waals surface area contributed by atoms with E-state index >= 15 is 0 Å². The maximum Gasteiger partial charge on any atom is 1.00 e. The summed E-state index contributed by atoms with van der Waals surface area (Å²) in [7, 11) is 0. The van der Waals surface area contributed by atoms with Crippen molar-refractivity contribution in [2.75, 3.05) is 0 Å². The molecule has 0 aliphatic rings. The number of aliphatic hydroxyl groups excluding tert-OH is 1. The molecule has 6 heteroatoms. The number of rotatable bonds is 2. The fourth-order valence-corrected chi connectivity index (χ4v) is 0. The van der Waals surface area contributed by atoms with Gasteiger partial charge in [0, 0.05) is 13.8 Å². The molecule has 0 aromatic heterocycles. The van der Waals surface area contributed by atoms with Gasteiger partial charge in [-0.1, -0.05) is 0 Å². The van der Waals surface area contributed by atoms with Gasteiger partial charge in [0.05, 0.1) is 12.1 Å². The van der Waals surface area contributed by atoms with Crippen LogP contribution in [0.15, 0.2) is 0 Å². The van der Waals surface area contributed by atoms with Crippen LogP contribution >= 0.6 is 0 Å². The second kappa shape index (κ2) is 9.85. The van der Waals surface area contributed by atoms with Crippen molar-refractivity contribution in [2.45, 2.75) is 26.9 Å². The summed E-state index contributed by atoms with van der Waals surface area (Å²) in [5.41, 5.74) is 0. The first-order valence-electron chi connectivity index (χ1n) is 3.19. The van der Waals surface area contributed by atoms with E-state index in [1.54, 1.807) is 0 Å². The maximum atomic E-state index is 9.79. The average Bonchev–Trinajstić information content (AvgIpc) is 1.88. The molecule has 1 N–H and O–H groups in total.